The fourth-order valence-corrected chi connectivity index (χ4v) is 4.18. The standard InChI is InChI=1S/C25H26FN5O/c1-25(32)9-6-17(7-10-25)12-23-19(13-27)15-29-24(31-23)30-16-20-14-28-11-8-22(20)18-2-4-21(26)5-3-18/h2-5,8,11,14-15,17,32H,6-7,9-10,12,16H2,1H3,(H,29,30,31). The number of aliphatic hydroxyl groups is 1. The summed E-state index contributed by atoms with van der Waals surface area (Å²) in [6.07, 6.45) is 9.11. The number of halogens is 1. The molecule has 32 heavy (non-hydrogen) atoms. The van der Waals surface area contributed by atoms with Crippen LogP contribution in [-0.4, -0.2) is 25.7 Å². The second-order valence-corrected chi connectivity index (χ2v) is 8.70. The monoisotopic (exact) mass is 431 g/mol. The maximum atomic E-state index is 13.3. The van der Waals surface area contributed by atoms with Crippen molar-refractivity contribution in [3.05, 3.63) is 71.6 Å². The lowest BCUT2D eigenvalue weighted by Crippen LogP contribution is -2.31. The van der Waals surface area contributed by atoms with Crippen LogP contribution in [0.15, 0.2) is 48.9 Å². The second kappa shape index (κ2) is 9.41. The number of rotatable bonds is 6. The fourth-order valence-electron chi connectivity index (χ4n) is 4.18. The van der Waals surface area contributed by atoms with Crippen molar-refractivity contribution in [2.45, 2.75) is 51.2 Å². The maximum Gasteiger partial charge on any atom is 0.223 e. The number of pyridine rings is 1. The Morgan fingerprint density at radius 2 is 1.94 bits per heavy atom. The summed E-state index contributed by atoms with van der Waals surface area (Å²) in [6, 6.07) is 10.5. The Labute approximate surface area is 187 Å². The molecule has 0 bridgehead atoms. The van der Waals surface area contributed by atoms with Gasteiger partial charge in [0.1, 0.15) is 11.9 Å². The summed E-state index contributed by atoms with van der Waals surface area (Å²) in [5, 5.41) is 22.9. The molecule has 6 nitrogen and oxygen atoms in total. The summed E-state index contributed by atoms with van der Waals surface area (Å²) in [5.41, 5.74) is 3.43. The smallest absolute Gasteiger partial charge is 0.223 e. The molecule has 0 amide bonds. The highest BCUT2D eigenvalue weighted by molar-refractivity contribution is 5.67. The lowest BCUT2D eigenvalue weighted by molar-refractivity contribution is 0.00800. The molecule has 1 aliphatic rings. The van der Waals surface area contributed by atoms with Crippen molar-refractivity contribution in [2.75, 3.05) is 5.32 Å². The first kappa shape index (κ1) is 21.8. The molecule has 0 aliphatic heterocycles. The Morgan fingerprint density at radius 3 is 2.66 bits per heavy atom. The highest BCUT2D eigenvalue weighted by Gasteiger charge is 2.29. The molecule has 7 heteroatoms. The minimum atomic E-state index is -0.584. The molecule has 1 fully saturated rings. The van der Waals surface area contributed by atoms with Gasteiger partial charge in [-0.3, -0.25) is 4.98 Å². The van der Waals surface area contributed by atoms with E-state index >= 15 is 0 Å². The number of nitrogens with one attached hydrogen (secondary N) is 1. The van der Waals surface area contributed by atoms with E-state index in [1.807, 2.05) is 13.0 Å². The molecular formula is C25H26FN5O. The SMILES string of the molecule is CC1(O)CCC(Cc2nc(NCc3cnccc3-c3ccc(F)cc3)ncc2C#N)CC1. The van der Waals surface area contributed by atoms with Gasteiger partial charge in [0, 0.05) is 18.9 Å². The van der Waals surface area contributed by atoms with Gasteiger partial charge in [-0.25, -0.2) is 14.4 Å². The van der Waals surface area contributed by atoms with Gasteiger partial charge in [-0.2, -0.15) is 5.26 Å². The number of nitriles is 1. The van der Waals surface area contributed by atoms with Crippen molar-refractivity contribution in [3.63, 3.8) is 0 Å². The summed E-state index contributed by atoms with van der Waals surface area (Å²) in [7, 11) is 0. The van der Waals surface area contributed by atoms with Crippen molar-refractivity contribution < 1.29 is 9.50 Å². The van der Waals surface area contributed by atoms with E-state index in [1.165, 1.54) is 12.1 Å². The minimum Gasteiger partial charge on any atom is -0.390 e. The highest BCUT2D eigenvalue weighted by Crippen LogP contribution is 2.33. The van der Waals surface area contributed by atoms with Crippen LogP contribution in [0, 0.1) is 23.1 Å². The van der Waals surface area contributed by atoms with Crippen LogP contribution >= 0.6 is 0 Å². The molecule has 4 rings (SSSR count). The van der Waals surface area contributed by atoms with Crippen LogP contribution in [0.4, 0.5) is 10.3 Å². The molecule has 0 unspecified atom stereocenters. The van der Waals surface area contributed by atoms with Crippen LogP contribution < -0.4 is 5.32 Å². The van der Waals surface area contributed by atoms with Crippen molar-refractivity contribution in [2.24, 2.45) is 5.92 Å². The summed E-state index contributed by atoms with van der Waals surface area (Å²) in [5.74, 6) is 0.576. The van der Waals surface area contributed by atoms with Crippen LogP contribution in [0.25, 0.3) is 11.1 Å². The summed E-state index contributed by atoms with van der Waals surface area (Å²) < 4.78 is 13.3. The predicted molar refractivity (Wildman–Crippen MR) is 120 cm³/mol. The molecule has 1 aromatic carbocycles. The molecule has 0 radical (unpaired) electrons. The quantitative estimate of drug-likeness (QED) is 0.590. The summed E-state index contributed by atoms with van der Waals surface area (Å²) in [6.45, 7) is 2.33. The molecule has 2 heterocycles. The van der Waals surface area contributed by atoms with Crippen LogP contribution in [0.3, 0.4) is 0 Å². The van der Waals surface area contributed by atoms with E-state index in [9.17, 15) is 14.8 Å². The molecule has 2 N–H and O–H groups in total. The molecule has 1 saturated carbocycles. The van der Waals surface area contributed by atoms with Gasteiger partial charge in [-0.15, -0.1) is 0 Å². The topological polar surface area (TPSA) is 94.7 Å². The summed E-state index contributed by atoms with van der Waals surface area (Å²) in [4.78, 5) is 13.1. The van der Waals surface area contributed by atoms with Crippen molar-refractivity contribution in [3.8, 4) is 17.2 Å². The third-order valence-corrected chi connectivity index (χ3v) is 6.15. The first-order chi connectivity index (χ1) is 15.4. The Bertz CT molecular complexity index is 1110. The van der Waals surface area contributed by atoms with E-state index in [4.69, 9.17) is 0 Å². The van der Waals surface area contributed by atoms with Gasteiger partial charge in [0.15, 0.2) is 0 Å². The van der Waals surface area contributed by atoms with Crippen LogP contribution in [0.1, 0.15) is 49.4 Å². The van der Waals surface area contributed by atoms with E-state index in [1.54, 1.807) is 30.7 Å². The third kappa shape index (κ3) is 5.27. The number of aromatic nitrogens is 3. The van der Waals surface area contributed by atoms with Gasteiger partial charge < -0.3 is 10.4 Å². The van der Waals surface area contributed by atoms with E-state index in [0.29, 0.717) is 30.4 Å². The Kier molecular flexibility index (Phi) is 6.42. The Balaban J connectivity index is 1.48. The van der Waals surface area contributed by atoms with Crippen molar-refractivity contribution >= 4 is 5.95 Å². The maximum absolute atomic E-state index is 13.3. The molecule has 2 aromatic heterocycles. The number of benzene rings is 1. The highest BCUT2D eigenvalue weighted by atomic mass is 19.1. The number of hydrogen-bond donors (Lipinski definition) is 2. The van der Waals surface area contributed by atoms with Gasteiger partial charge >= 0.3 is 0 Å². The van der Waals surface area contributed by atoms with Crippen LogP contribution in [0.5, 0.6) is 0 Å². The first-order valence-electron chi connectivity index (χ1n) is 10.8. The van der Waals surface area contributed by atoms with Crippen LogP contribution in [0.2, 0.25) is 0 Å². The van der Waals surface area contributed by atoms with Crippen molar-refractivity contribution in [1.29, 1.82) is 5.26 Å². The third-order valence-electron chi connectivity index (χ3n) is 6.15. The lowest BCUT2D eigenvalue weighted by Gasteiger charge is -2.33. The Hall–Kier alpha value is -3.37. The zero-order valence-electron chi connectivity index (χ0n) is 18.1. The lowest BCUT2D eigenvalue weighted by atomic mass is 9.78. The molecule has 0 atom stereocenters. The predicted octanol–water partition coefficient (Wildman–Crippen LogP) is 4.65. The number of hydrogen-bond acceptors (Lipinski definition) is 6. The van der Waals surface area contributed by atoms with Gasteiger partial charge in [0.05, 0.1) is 23.1 Å². The molecule has 1 aliphatic carbocycles. The zero-order chi connectivity index (χ0) is 22.6. The molecular weight excluding hydrogens is 405 g/mol. The number of nitrogens with zero attached hydrogens (tertiary/aromatic N) is 4. The van der Waals surface area contributed by atoms with Gasteiger partial charge in [-0.05, 0) is 79.8 Å². The van der Waals surface area contributed by atoms with Gasteiger partial charge in [-0.1, -0.05) is 12.1 Å². The minimum absolute atomic E-state index is 0.275. The fraction of sp³-hybridized carbons (Fsp3) is 0.360. The normalized spacial score (nSPS) is 20.5. The van der Waals surface area contributed by atoms with E-state index in [2.05, 4.69) is 26.3 Å². The van der Waals surface area contributed by atoms with Crippen LogP contribution in [-0.2, 0) is 13.0 Å². The molecule has 3 aromatic rings. The van der Waals surface area contributed by atoms with Crippen molar-refractivity contribution in [1.82, 2.24) is 15.0 Å². The van der Waals surface area contributed by atoms with Gasteiger partial charge in [0.25, 0.3) is 0 Å². The largest absolute Gasteiger partial charge is 0.390 e. The molecule has 164 valence electrons. The van der Waals surface area contributed by atoms with E-state index in [-0.39, 0.29) is 5.82 Å². The molecule has 0 saturated heterocycles. The first-order valence-corrected chi connectivity index (χ1v) is 10.8. The molecule has 0 spiro atoms. The zero-order valence-corrected chi connectivity index (χ0v) is 18.1. The second-order valence-electron chi connectivity index (χ2n) is 8.70. The van der Waals surface area contributed by atoms with E-state index in [0.717, 1.165) is 48.1 Å². The van der Waals surface area contributed by atoms with Gasteiger partial charge in [0.2, 0.25) is 5.95 Å². The average Bonchev–Trinajstić information content (AvgIpc) is 2.80. The Morgan fingerprint density at radius 1 is 1.19 bits per heavy atom. The number of anilines is 1. The summed E-state index contributed by atoms with van der Waals surface area (Å²) >= 11 is 0. The average molecular weight is 432 g/mol. The van der Waals surface area contributed by atoms with E-state index < -0.39 is 5.60 Å².